The Labute approximate surface area is 242 Å². The maximum Gasteiger partial charge on any atom is 0.320 e. The van der Waals surface area contributed by atoms with E-state index in [0.717, 1.165) is 44.2 Å². The number of fused-ring (bicyclic) bond motifs is 1. The monoisotopic (exact) mass is 565 g/mol. The smallest absolute Gasteiger partial charge is 0.320 e. The summed E-state index contributed by atoms with van der Waals surface area (Å²) in [6.07, 6.45) is 8.01. The number of carbonyl (C=O) groups excluding carboxylic acids is 4. The highest BCUT2D eigenvalue weighted by atomic mass is 16.5. The molecule has 2 saturated heterocycles. The molecule has 9 nitrogen and oxygen atoms in total. The molecule has 3 aliphatic heterocycles. The lowest BCUT2D eigenvalue weighted by Gasteiger charge is -2.52. The number of benzene rings is 1. The number of likely N-dealkylation sites (tertiary alicyclic amines) is 2. The van der Waals surface area contributed by atoms with Crippen LogP contribution in [0.2, 0.25) is 0 Å². The zero-order valence-corrected chi connectivity index (χ0v) is 24.3. The third-order valence-corrected chi connectivity index (χ3v) is 9.44. The largest absolute Gasteiger partial charge is 0.468 e. The number of amides is 3. The molecule has 0 spiro atoms. The average Bonchev–Trinajstić information content (AvgIpc) is 3.66. The number of piperidine rings is 1. The Morgan fingerprint density at radius 2 is 1.88 bits per heavy atom. The Morgan fingerprint density at radius 1 is 1.12 bits per heavy atom. The number of nitrogens with one attached hydrogen (secondary N) is 1. The van der Waals surface area contributed by atoms with Crippen LogP contribution in [-0.2, 0) is 35.2 Å². The standard InChI is InChI=1S/C32H43N3O6/c1-22-32(31(39)40-2)20-25(18-28(36)33-15-9-17-34-16-8-14-29(34)37)30(38)35(21-23-10-4-3-5-11-23)27(32)19-26(41-22)24-12-6-7-13-24/h3-5,10-11,19,22,24-26H,6-9,12-18,20-21H2,1-2H3,(H,33,36)/t22-,25+,26-,32+/m1/s1. The molecular weight excluding hydrogens is 522 g/mol. The van der Waals surface area contributed by atoms with Crippen LogP contribution < -0.4 is 5.32 Å². The number of rotatable bonds is 10. The number of ether oxygens (including phenoxy) is 2. The second kappa shape index (κ2) is 12.8. The van der Waals surface area contributed by atoms with Crippen molar-refractivity contribution in [1.82, 2.24) is 15.1 Å². The summed E-state index contributed by atoms with van der Waals surface area (Å²) < 4.78 is 11.9. The molecular formula is C32H43N3O6. The molecule has 0 aromatic heterocycles. The summed E-state index contributed by atoms with van der Waals surface area (Å²) in [5.41, 5.74) is 0.410. The SMILES string of the molecule is COC(=O)[C@]12C[C@H](CC(=O)NCCCN3CCCC3=O)C(=O)N(Cc3ccccc3)C1=C[C@H](C1CCCC1)O[C@@H]2C. The predicted octanol–water partition coefficient (Wildman–Crippen LogP) is 3.57. The van der Waals surface area contributed by atoms with E-state index in [4.69, 9.17) is 9.47 Å². The van der Waals surface area contributed by atoms with Crippen LogP contribution in [0.1, 0.15) is 70.3 Å². The first kappa shape index (κ1) is 29.3. The van der Waals surface area contributed by atoms with Crippen molar-refractivity contribution >= 4 is 23.7 Å². The van der Waals surface area contributed by atoms with E-state index in [2.05, 4.69) is 5.32 Å². The van der Waals surface area contributed by atoms with Gasteiger partial charge in [0.05, 0.1) is 25.9 Å². The Morgan fingerprint density at radius 3 is 2.56 bits per heavy atom. The maximum atomic E-state index is 14.1. The van der Waals surface area contributed by atoms with Crippen LogP contribution in [-0.4, -0.2) is 72.4 Å². The molecule has 5 rings (SSSR count). The van der Waals surface area contributed by atoms with E-state index in [1.165, 1.54) is 7.11 Å². The van der Waals surface area contributed by atoms with Gasteiger partial charge in [0.25, 0.3) is 0 Å². The third kappa shape index (κ3) is 6.05. The number of esters is 1. The van der Waals surface area contributed by atoms with Crippen molar-refractivity contribution in [1.29, 1.82) is 0 Å². The van der Waals surface area contributed by atoms with E-state index in [-0.39, 0.29) is 36.7 Å². The zero-order chi connectivity index (χ0) is 29.0. The molecule has 3 heterocycles. The highest BCUT2D eigenvalue weighted by Gasteiger charge is 2.60. The highest BCUT2D eigenvalue weighted by Crippen LogP contribution is 2.52. The number of hydrogen-bond donors (Lipinski definition) is 1. The van der Waals surface area contributed by atoms with Gasteiger partial charge in [0.1, 0.15) is 5.41 Å². The molecule has 4 atom stereocenters. The van der Waals surface area contributed by atoms with Crippen molar-refractivity contribution in [3.63, 3.8) is 0 Å². The van der Waals surface area contributed by atoms with E-state index in [0.29, 0.717) is 44.1 Å². The summed E-state index contributed by atoms with van der Waals surface area (Å²) >= 11 is 0. The predicted molar refractivity (Wildman–Crippen MR) is 152 cm³/mol. The second-order valence-corrected chi connectivity index (χ2v) is 12.0. The van der Waals surface area contributed by atoms with Crippen LogP contribution in [0.4, 0.5) is 0 Å². The van der Waals surface area contributed by atoms with E-state index in [1.807, 2.05) is 48.2 Å². The fourth-order valence-electron chi connectivity index (χ4n) is 7.21. The quantitative estimate of drug-likeness (QED) is 0.344. The molecule has 1 N–H and O–H groups in total. The Kier molecular flexibility index (Phi) is 9.12. The van der Waals surface area contributed by atoms with Crippen molar-refractivity contribution in [2.24, 2.45) is 17.3 Å². The van der Waals surface area contributed by atoms with Crippen molar-refractivity contribution in [2.75, 3.05) is 26.7 Å². The molecule has 222 valence electrons. The second-order valence-electron chi connectivity index (χ2n) is 12.0. The van der Waals surface area contributed by atoms with Gasteiger partial charge in [0.2, 0.25) is 17.7 Å². The first-order valence-electron chi connectivity index (χ1n) is 15.2. The fourth-order valence-corrected chi connectivity index (χ4v) is 7.21. The molecule has 1 aromatic carbocycles. The molecule has 0 unspecified atom stereocenters. The molecule has 0 bridgehead atoms. The molecule has 0 radical (unpaired) electrons. The van der Waals surface area contributed by atoms with Gasteiger partial charge in [-0.3, -0.25) is 19.2 Å². The minimum Gasteiger partial charge on any atom is -0.468 e. The van der Waals surface area contributed by atoms with Crippen molar-refractivity contribution in [2.45, 2.75) is 83.5 Å². The summed E-state index contributed by atoms with van der Waals surface area (Å²) in [4.78, 5) is 56.2. The normalized spacial score (nSPS) is 28.4. The number of carbonyl (C=O) groups is 4. The fraction of sp³-hybridized carbons (Fsp3) is 0.625. The van der Waals surface area contributed by atoms with E-state index in [1.54, 1.807) is 4.90 Å². The number of nitrogens with zero attached hydrogens (tertiary/aromatic N) is 2. The molecule has 3 amide bonds. The van der Waals surface area contributed by atoms with E-state index < -0.39 is 23.4 Å². The lowest BCUT2D eigenvalue weighted by atomic mass is 9.66. The Bertz CT molecular complexity index is 1160. The summed E-state index contributed by atoms with van der Waals surface area (Å²) in [6.45, 7) is 4.01. The van der Waals surface area contributed by atoms with Crippen LogP contribution in [0, 0.1) is 17.3 Å². The van der Waals surface area contributed by atoms with E-state index >= 15 is 0 Å². The highest BCUT2D eigenvalue weighted by molar-refractivity contribution is 5.92. The maximum absolute atomic E-state index is 14.1. The van der Waals surface area contributed by atoms with Gasteiger partial charge in [-0.2, -0.15) is 0 Å². The first-order chi connectivity index (χ1) is 19.8. The molecule has 9 heteroatoms. The average molecular weight is 566 g/mol. The van der Waals surface area contributed by atoms with Crippen LogP contribution in [0.3, 0.4) is 0 Å². The minimum absolute atomic E-state index is 0.0302. The van der Waals surface area contributed by atoms with Crippen molar-refractivity contribution < 1.29 is 28.7 Å². The van der Waals surface area contributed by atoms with Gasteiger partial charge in [-0.15, -0.1) is 0 Å². The van der Waals surface area contributed by atoms with Crippen LogP contribution in [0.15, 0.2) is 42.1 Å². The molecule has 1 saturated carbocycles. The third-order valence-electron chi connectivity index (χ3n) is 9.44. The van der Waals surface area contributed by atoms with E-state index in [9.17, 15) is 19.2 Å². The van der Waals surface area contributed by atoms with Gasteiger partial charge >= 0.3 is 5.97 Å². The molecule has 1 aromatic rings. The summed E-state index contributed by atoms with van der Waals surface area (Å²) in [5, 5.41) is 2.93. The van der Waals surface area contributed by atoms with Gasteiger partial charge in [-0.1, -0.05) is 43.2 Å². The van der Waals surface area contributed by atoms with Gasteiger partial charge < -0.3 is 24.6 Å². The van der Waals surface area contributed by atoms with Gasteiger partial charge in [-0.05, 0) is 56.6 Å². The van der Waals surface area contributed by atoms with Crippen LogP contribution in [0.5, 0.6) is 0 Å². The molecule has 41 heavy (non-hydrogen) atoms. The molecule has 4 aliphatic rings. The number of methoxy groups -OCH3 is 1. The minimum atomic E-state index is -1.19. The topological polar surface area (TPSA) is 105 Å². The first-order valence-corrected chi connectivity index (χ1v) is 15.2. The van der Waals surface area contributed by atoms with Crippen LogP contribution >= 0.6 is 0 Å². The summed E-state index contributed by atoms with van der Waals surface area (Å²) in [7, 11) is 1.37. The molecule has 1 aliphatic carbocycles. The van der Waals surface area contributed by atoms with Gasteiger partial charge in [0.15, 0.2) is 0 Å². The summed E-state index contributed by atoms with van der Waals surface area (Å²) in [5.74, 6) is -1.02. The van der Waals surface area contributed by atoms with Gasteiger partial charge in [0, 0.05) is 44.1 Å². The van der Waals surface area contributed by atoms with Crippen LogP contribution in [0.25, 0.3) is 0 Å². The zero-order valence-electron chi connectivity index (χ0n) is 24.3. The Hall–Kier alpha value is -3.20. The summed E-state index contributed by atoms with van der Waals surface area (Å²) in [6, 6.07) is 9.72. The van der Waals surface area contributed by atoms with Crippen molar-refractivity contribution in [3.8, 4) is 0 Å². The lowest BCUT2D eigenvalue weighted by molar-refractivity contribution is -0.178. The molecule has 3 fully saturated rings. The lowest BCUT2D eigenvalue weighted by Crippen LogP contribution is -2.60. The number of hydrogen-bond acceptors (Lipinski definition) is 6. The van der Waals surface area contributed by atoms with Crippen molar-refractivity contribution in [3.05, 3.63) is 47.7 Å². The van der Waals surface area contributed by atoms with Gasteiger partial charge in [-0.25, -0.2) is 0 Å². The Balaban J connectivity index is 1.38.